The number of pyridine rings is 1. The van der Waals surface area contributed by atoms with Crippen LogP contribution in [0.4, 0.5) is 26.1 Å². The van der Waals surface area contributed by atoms with E-state index >= 15 is 0 Å². The average molecular weight is 439 g/mol. The molecular weight excluding hydrogens is 416 g/mol. The Labute approximate surface area is 183 Å². The lowest BCUT2D eigenvalue weighted by Crippen LogP contribution is -2.22. The van der Waals surface area contributed by atoms with Crippen LogP contribution in [0.5, 0.6) is 0 Å². The zero-order chi connectivity index (χ0) is 22.7. The number of fused-ring (bicyclic) bond motifs is 2. The van der Waals surface area contributed by atoms with E-state index in [1.54, 1.807) is 35.4 Å². The molecule has 0 aromatic carbocycles. The Kier molecular flexibility index (Phi) is 4.51. The standard InChI is InChI=1S/C22H23F2N7O/c1-4-30-11-14(9-26-30)16-7-19(29-20(28-16)21(3,23)24)31-12-22(5-6-22)15-10-25-18(8-17(15)31)27-13(2)32/h7-11H,4-6,12H2,1-3H3,(H,25,27,32). The van der Waals surface area contributed by atoms with E-state index in [1.165, 1.54) is 6.92 Å². The number of hydrogen-bond donors (Lipinski definition) is 1. The zero-order valence-electron chi connectivity index (χ0n) is 18.1. The monoisotopic (exact) mass is 439 g/mol. The van der Waals surface area contributed by atoms with E-state index in [4.69, 9.17) is 0 Å². The topological polar surface area (TPSA) is 88.8 Å². The van der Waals surface area contributed by atoms with Gasteiger partial charge in [0.1, 0.15) is 11.6 Å². The number of amides is 1. The summed E-state index contributed by atoms with van der Waals surface area (Å²) >= 11 is 0. The highest BCUT2D eigenvalue weighted by Crippen LogP contribution is 2.58. The van der Waals surface area contributed by atoms with E-state index in [-0.39, 0.29) is 11.3 Å². The number of carbonyl (C=O) groups is 1. The van der Waals surface area contributed by atoms with Gasteiger partial charge in [-0.3, -0.25) is 9.48 Å². The third-order valence-electron chi connectivity index (χ3n) is 6.00. The van der Waals surface area contributed by atoms with Crippen molar-refractivity contribution in [3.05, 3.63) is 42.1 Å². The molecule has 0 saturated heterocycles. The van der Waals surface area contributed by atoms with Gasteiger partial charge in [-0.15, -0.1) is 0 Å². The predicted molar refractivity (Wildman–Crippen MR) is 115 cm³/mol. The van der Waals surface area contributed by atoms with Crippen molar-refractivity contribution in [2.75, 3.05) is 16.8 Å². The highest BCUT2D eigenvalue weighted by molar-refractivity contribution is 5.89. The Morgan fingerprint density at radius 3 is 2.66 bits per heavy atom. The molecule has 3 aromatic heterocycles. The Morgan fingerprint density at radius 2 is 2.03 bits per heavy atom. The van der Waals surface area contributed by atoms with E-state index in [1.807, 2.05) is 11.8 Å². The van der Waals surface area contributed by atoms with Crippen molar-refractivity contribution >= 4 is 23.2 Å². The molecule has 10 heteroatoms. The van der Waals surface area contributed by atoms with Crippen molar-refractivity contribution in [3.63, 3.8) is 0 Å². The summed E-state index contributed by atoms with van der Waals surface area (Å²) in [7, 11) is 0. The Bertz CT molecular complexity index is 1210. The number of aromatic nitrogens is 5. The first-order valence-electron chi connectivity index (χ1n) is 10.5. The van der Waals surface area contributed by atoms with Gasteiger partial charge in [-0.25, -0.2) is 15.0 Å². The SMILES string of the molecule is CCn1cc(-c2cc(N3CC4(CC4)c4cnc(NC(C)=O)cc43)nc(C(C)(F)F)n2)cn1. The van der Waals surface area contributed by atoms with Gasteiger partial charge in [0.15, 0.2) is 0 Å². The minimum atomic E-state index is -3.20. The maximum absolute atomic E-state index is 14.3. The van der Waals surface area contributed by atoms with Gasteiger partial charge in [-0.2, -0.15) is 13.9 Å². The molecule has 1 aliphatic heterocycles. The average Bonchev–Trinajstić information content (AvgIpc) is 3.23. The third kappa shape index (κ3) is 3.49. The number of alkyl halides is 2. The number of carbonyl (C=O) groups excluding carboxylic acids is 1. The second-order valence-electron chi connectivity index (χ2n) is 8.54. The summed E-state index contributed by atoms with van der Waals surface area (Å²) in [5, 5.41) is 6.94. The lowest BCUT2D eigenvalue weighted by molar-refractivity contribution is -0.114. The summed E-state index contributed by atoms with van der Waals surface area (Å²) < 4.78 is 30.4. The van der Waals surface area contributed by atoms with Crippen LogP contribution in [0.25, 0.3) is 11.3 Å². The van der Waals surface area contributed by atoms with Gasteiger partial charge in [0.05, 0.1) is 17.6 Å². The van der Waals surface area contributed by atoms with Gasteiger partial charge in [0.25, 0.3) is 0 Å². The molecule has 1 spiro atoms. The number of halogens is 2. The van der Waals surface area contributed by atoms with Crippen LogP contribution < -0.4 is 10.2 Å². The number of rotatable bonds is 5. The molecule has 32 heavy (non-hydrogen) atoms. The smallest absolute Gasteiger partial charge is 0.303 e. The molecule has 1 amide bonds. The lowest BCUT2D eigenvalue weighted by Gasteiger charge is -2.21. The van der Waals surface area contributed by atoms with Gasteiger partial charge in [0.2, 0.25) is 11.7 Å². The molecule has 0 atom stereocenters. The summed E-state index contributed by atoms with van der Waals surface area (Å²) in [6.45, 7) is 5.44. The largest absolute Gasteiger partial charge is 0.325 e. The van der Waals surface area contributed by atoms with Crippen LogP contribution in [0.15, 0.2) is 30.7 Å². The van der Waals surface area contributed by atoms with Gasteiger partial charge in [-0.1, -0.05) is 0 Å². The van der Waals surface area contributed by atoms with Crippen LogP contribution in [0.2, 0.25) is 0 Å². The number of nitrogens with one attached hydrogen (secondary N) is 1. The second kappa shape index (κ2) is 7.04. The summed E-state index contributed by atoms with van der Waals surface area (Å²) in [6, 6.07) is 3.50. The molecule has 8 nitrogen and oxygen atoms in total. The molecule has 2 aliphatic rings. The maximum Gasteiger partial charge on any atom is 0.303 e. The molecule has 0 bridgehead atoms. The molecule has 0 radical (unpaired) electrons. The van der Waals surface area contributed by atoms with Crippen molar-refractivity contribution < 1.29 is 13.6 Å². The lowest BCUT2D eigenvalue weighted by atomic mass is 10.0. The first-order chi connectivity index (χ1) is 15.2. The molecule has 1 fully saturated rings. The predicted octanol–water partition coefficient (Wildman–Crippen LogP) is 4.01. The van der Waals surface area contributed by atoms with Crippen LogP contribution >= 0.6 is 0 Å². The molecule has 4 heterocycles. The van der Waals surface area contributed by atoms with Crippen LogP contribution in [0.1, 0.15) is 45.0 Å². The van der Waals surface area contributed by atoms with Crippen molar-refractivity contribution in [2.24, 2.45) is 0 Å². The molecule has 1 N–H and O–H groups in total. The molecule has 5 rings (SSSR count). The van der Waals surface area contributed by atoms with Crippen molar-refractivity contribution in [1.29, 1.82) is 0 Å². The molecule has 1 aliphatic carbocycles. The highest BCUT2D eigenvalue weighted by atomic mass is 19.3. The van der Waals surface area contributed by atoms with Crippen molar-refractivity contribution in [2.45, 2.75) is 51.5 Å². The third-order valence-corrected chi connectivity index (χ3v) is 6.00. The van der Waals surface area contributed by atoms with Gasteiger partial charge < -0.3 is 10.2 Å². The Balaban J connectivity index is 1.63. The van der Waals surface area contributed by atoms with E-state index < -0.39 is 11.7 Å². The molecular formula is C22H23F2N7O. The number of hydrogen-bond acceptors (Lipinski definition) is 6. The van der Waals surface area contributed by atoms with E-state index in [9.17, 15) is 13.6 Å². The summed E-state index contributed by atoms with van der Waals surface area (Å²) in [5.74, 6) is -3.17. The number of nitrogens with zero attached hydrogens (tertiary/aromatic N) is 6. The summed E-state index contributed by atoms with van der Waals surface area (Å²) in [4.78, 5) is 26.2. The Morgan fingerprint density at radius 1 is 1.25 bits per heavy atom. The molecule has 166 valence electrons. The summed E-state index contributed by atoms with van der Waals surface area (Å²) in [6.07, 6.45) is 7.16. The molecule has 0 unspecified atom stereocenters. The number of aryl methyl sites for hydroxylation is 1. The quantitative estimate of drug-likeness (QED) is 0.646. The van der Waals surface area contributed by atoms with Gasteiger partial charge in [-0.05, 0) is 19.8 Å². The first-order valence-corrected chi connectivity index (χ1v) is 10.5. The van der Waals surface area contributed by atoms with Crippen LogP contribution in [0, 0.1) is 0 Å². The zero-order valence-corrected chi connectivity index (χ0v) is 18.1. The maximum atomic E-state index is 14.3. The highest BCUT2D eigenvalue weighted by Gasteiger charge is 2.52. The minimum absolute atomic E-state index is 0.0514. The van der Waals surface area contributed by atoms with E-state index in [0.29, 0.717) is 36.0 Å². The van der Waals surface area contributed by atoms with E-state index in [2.05, 4.69) is 25.4 Å². The van der Waals surface area contributed by atoms with E-state index in [0.717, 1.165) is 31.0 Å². The fraction of sp³-hybridized carbons (Fsp3) is 0.409. The van der Waals surface area contributed by atoms with Crippen LogP contribution in [-0.2, 0) is 22.7 Å². The van der Waals surface area contributed by atoms with Gasteiger partial charge in [0, 0.05) is 68.0 Å². The first kappa shape index (κ1) is 20.5. The Hall–Kier alpha value is -3.43. The van der Waals surface area contributed by atoms with Gasteiger partial charge >= 0.3 is 5.92 Å². The molecule has 1 saturated carbocycles. The molecule has 3 aromatic rings. The van der Waals surface area contributed by atoms with Crippen molar-refractivity contribution in [1.82, 2.24) is 24.7 Å². The number of anilines is 3. The minimum Gasteiger partial charge on any atom is -0.325 e. The van der Waals surface area contributed by atoms with Crippen molar-refractivity contribution in [3.8, 4) is 11.3 Å². The fourth-order valence-electron chi connectivity index (χ4n) is 4.17. The second-order valence-corrected chi connectivity index (χ2v) is 8.54. The fourth-order valence-corrected chi connectivity index (χ4v) is 4.17. The normalized spacial score (nSPS) is 16.3. The van der Waals surface area contributed by atoms with Crippen LogP contribution in [-0.4, -0.2) is 37.2 Å². The summed E-state index contributed by atoms with van der Waals surface area (Å²) in [5.41, 5.74) is 2.86. The van der Waals surface area contributed by atoms with Crippen LogP contribution in [0.3, 0.4) is 0 Å².